The lowest BCUT2D eigenvalue weighted by molar-refractivity contribution is -0.119. The fourth-order valence-electron chi connectivity index (χ4n) is 3.10. The van der Waals surface area contributed by atoms with Crippen LogP contribution in [0.3, 0.4) is 0 Å². The summed E-state index contributed by atoms with van der Waals surface area (Å²) in [7, 11) is 0. The molecular weight excluding hydrogens is 347 g/mol. The number of ether oxygens (including phenoxy) is 2. The molecule has 2 aromatic rings. The minimum Gasteiger partial charge on any atom is -0.494 e. The minimum atomic E-state index is -0.407. The molecule has 0 spiro atoms. The van der Waals surface area contributed by atoms with Gasteiger partial charge in [0.15, 0.2) is 11.6 Å². The van der Waals surface area contributed by atoms with Gasteiger partial charge in [-0.2, -0.15) is 0 Å². The first-order valence-corrected chi connectivity index (χ1v) is 9.17. The molecule has 0 bridgehead atoms. The van der Waals surface area contributed by atoms with Crippen LogP contribution in [0, 0.1) is 5.82 Å². The van der Waals surface area contributed by atoms with Crippen molar-refractivity contribution >= 4 is 11.6 Å². The summed E-state index contributed by atoms with van der Waals surface area (Å²) in [6.07, 6.45) is -0.0459. The lowest BCUT2D eigenvalue weighted by Gasteiger charge is -2.40. The summed E-state index contributed by atoms with van der Waals surface area (Å²) in [5, 5.41) is 2.87. The first-order chi connectivity index (χ1) is 13.0. The van der Waals surface area contributed by atoms with Gasteiger partial charge in [-0.25, -0.2) is 4.39 Å². The van der Waals surface area contributed by atoms with Crippen LogP contribution in [0.2, 0.25) is 0 Å². The Morgan fingerprint density at radius 2 is 1.96 bits per heavy atom. The van der Waals surface area contributed by atoms with Gasteiger partial charge in [-0.15, -0.1) is 0 Å². The Hall–Kier alpha value is -2.76. The SMILES string of the molecule is CCOc1ccc(OC2CN(c3ccc([C@H](C)NC(C)=O)cc3)C2)c(F)c1. The maximum Gasteiger partial charge on any atom is 0.217 e. The molecule has 1 atom stereocenters. The smallest absolute Gasteiger partial charge is 0.217 e. The summed E-state index contributed by atoms with van der Waals surface area (Å²) < 4.78 is 25.1. The van der Waals surface area contributed by atoms with E-state index in [1.165, 1.54) is 13.0 Å². The lowest BCUT2D eigenvalue weighted by atomic mass is 10.1. The Morgan fingerprint density at radius 3 is 2.56 bits per heavy atom. The quantitative estimate of drug-likeness (QED) is 0.805. The Kier molecular flexibility index (Phi) is 5.84. The molecule has 1 fully saturated rings. The average molecular weight is 372 g/mol. The van der Waals surface area contributed by atoms with Crippen LogP contribution in [0.15, 0.2) is 42.5 Å². The van der Waals surface area contributed by atoms with Gasteiger partial charge in [0.2, 0.25) is 5.91 Å². The van der Waals surface area contributed by atoms with Gasteiger partial charge in [0.1, 0.15) is 11.9 Å². The molecule has 3 rings (SSSR count). The first-order valence-electron chi connectivity index (χ1n) is 9.17. The Bertz CT molecular complexity index is 789. The predicted octanol–water partition coefficient (Wildman–Crippen LogP) is 3.69. The fraction of sp³-hybridized carbons (Fsp3) is 0.381. The lowest BCUT2D eigenvalue weighted by Crippen LogP contribution is -2.54. The maximum atomic E-state index is 14.1. The van der Waals surface area contributed by atoms with Crippen LogP contribution in [-0.2, 0) is 4.79 Å². The van der Waals surface area contributed by atoms with E-state index in [-0.39, 0.29) is 23.8 Å². The van der Waals surface area contributed by atoms with Crippen LogP contribution >= 0.6 is 0 Å². The van der Waals surface area contributed by atoms with Crippen LogP contribution in [0.5, 0.6) is 11.5 Å². The molecule has 0 radical (unpaired) electrons. The number of carbonyl (C=O) groups excluding carboxylic acids is 1. The van der Waals surface area contributed by atoms with Crippen LogP contribution < -0.4 is 19.7 Å². The Balaban J connectivity index is 1.53. The van der Waals surface area contributed by atoms with Gasteiger partial charge in [0, 0.05) is 18.7 Å². The zero-order chi connectivity index (χ0) is 19.4. The highest BCUT2D eigenvalue weighted by Gasteiger charge is 2.29. The molecule has 27 heavy (non-hydrogen) atoms. The first kappa shape index (κ1) is 19.0. The number of hydrogen-bond acceptors (Lipinski definition) is 4. The van der Waals surface area contributed by atoms with Gasteiger partial charge in [-0.05, 0) is 43.7 Å². The molecule has 1 aliphatic rings. The van der Waals surface area contributed by atoms with E-state index >= 15 is 0 Å². The number of halogens is 1. The maximum absolute atomic E-state index is 14.1. The topological polar surface area (TPSA) is 50.8 Å². The number of carbonyl (C=O) groups is 1. The predicted molar refractivity (Wildman–Crippen MR) is 103 cm³/mol. The van der Waals surface area contributed by atoms with E-state index in [0.717, 1.165) is 11.3 Å². The highest BCUT2D eigenvalue weighted by atomic mass is 19.1. The van der Waals surface area contributed by atoms with Crippen molar-refractivity contribution < 1.29 is 18.7 Å². The third-order valence-corrected chi connectivity index (χ3v) is 4.53. The summed E-state index contributed by atoms with van der Waals surface area (Å²) in [6.45, 7) is 7.23. The number of nitrogens with zero attached hydrogens (tertiary/aromatic N) is 1. The minimum absolute atomic E-state index is 0.0216. The highest BCUT2D eigenvalue weighted by Crippen LogP contribution is 2.28. The van der Waals surface area contributed by atoms with Crippen LogP contribution in [-0.4, -0.2) is 31.7 Å². The Morgan fingerprint density at radius 1 is 1.26 bits per heavy atom. The molecule has 0 aliphatic carbocycles. The summed E-state index contributed by atoms with van der Waals surface area (Å²) in [4.78, 5) is 13.3. The molecule has 2 aromatic carbocycles. The zero-order valence-electron chi connectivity index (χ0n) is 15.9. The molecule has 1 heterocycles. The van der Waals surface area contributed by atoms with E-state index in [4.69, 9.17) is 9.47 Å². The molecule has 0 aromatic heterocycles. The zero-order valence-corrected chi connectivity index (χ0v) is 15.9. The van der Waals surface area contributed by atoms with Crippen molar-refractivity contribution in [3.8, 4) is 11.5 Å². The van der Waals surface area contributed by atoms with Crippen molar-refractivity contribution in [2.24, 2.45) is 0 Å². The number of benzene rings is 2. The van der Waals surface area contributed by atoms with E-state index < -0.39 is 5.82 Å². The van der Waals surface area contributed by atoms with Crippen LogP contribution in [0.1, 0.15) is 32.4 Å². The van der Waals surface area contributed by atoms with E-state index in [0.29, 0.717) is 25.4 Å². The van der Waals surface area contributed by atoms with E-state index in [1.807, 2.05) is 38.1 Å². The van der Waals surface area contributed by atoms with E-state index in [2.05, 4.69) is 10.2 Å². The van der Waals surface area contributed by atoms with E-state index in [9.17, 15) is 9.18 Å². The molecule has 144 valence electrons. The number of nitrogens with one attached hydrogen (secondary N) is 1. The van der Waals surface area contributed by atoms with Gasteiger partial charge in [-0.3, -0.25) is 4.79 Å². The van der Waals surface area contributed by atoms with Gasteiger partial charge < -0.3 is 19.7 Å². The molecule has 0 saturated carbocycles. The summed E-state index contributed by atoms with van der Waals surface area (Å²) in [5.74, 6) is 0.306. The average Bonchev–Trinajstić information content (AvgIpc) is 2.59. The summed E-state index contributed by atoms with van der Waals surface area (Å²) in [5.41, 5.74) is 2.14. The second kappa shape index (κ2) is 8.29. The van der Waals surface area contributed by atoms with Gasteiger partial charge >= 0.3 is 0 Å². The third-order valence-electron chi connectivity index (χ3n) is 4.53. The second-order valence-corrected chi connectivity index (χ2v) is 6.68. The molecule has 1 N–H and O–H groups in total. The standard InChI is InChI=1S/C21H25FN2O3/c1-4-26-18-9-10-21(20(22)11-18)27-19-12-24(13-19)17-7-5-16(6-8-17)14(2)23-15(3)25/h5-11,14,19H,4,12-13H2,1-3H3,(H,23,25)/t14-/m0/s1. The largest absolute Gasteiger partial charge is 0.494 e. The molecule has 1 amide bonds. The van der Waals surface area contributed by atoms with Crippen molar-refractivity contribution in [3.63, 3.8) is 0 Å². The molecule has 1 aliphatic heterocycles. The molecule has 0 unspecified atom stereocenters. The summed E-state index contributed by atoms with van der Waals surface area (Å²) >= 11 is 0. The fourth-order valence-corrected chi connectivity index (χ4v) is 3.10. The van der Waals surface area contributed by atoms with Crippen molar-refractivity contribution in [1.29, 1.82) is 0 Å². The van der Waals surface area contributed by atoms with Crippen molar-refractivity contribution in [3.05, 3.63) is 53.8 Å². The number of anilines is 1. The number of amides is 1. The molecular formula is C21H25FN2O3. The summed E-state index contributed by atoms with van der Waals surface area (Å²) in [6, 6.07) is 12.7. The van der Waals surface area contributed by atoms with Gasteiger partial charge in [0.05, 0.1) is 25.7 Å². The van der Waals surface area contributed by atoms with Crippen molar-refractivity contribution in [1.82, 2.24) is 5.32 Å². The monoisotopic (exact) mass is 372 g/mol. The molecule has 5 nitrogen and oxygen atoms in total. The normalized spacial score (nSPS) is 15.0. The van der Waals surface area contributed by atoms with Crippen LogP contribution in [0.4, 0.5) is 10.1 Å². The highest BCUT2D eigenvalue weighted by molar-refractivity contribution is 5.73. The number of hydrogen-bond donors (Lipinski definition) is 1. The van der Waals surface area contributed by atoms with Crippen molar-refractivity contribution in [2.75, 3.05) is 24.6 Å². The van der Waals surface area contributed by atoms with Crippen LogP contribution in [0.25, 0.3) is 0 Å². The van der Waals surface area contributed by atoms with Gasteiger partial charge in [-0.1, -0.05) is 12.1 Å². The second-order valence-electron chi connectivity index (χ2n) is 6.68. The van der Waals surface area contributed by atoms with E-state index in [1.54, 1.807) is 12.1 Å². The third kappa shape index (κ3) is 4.70. The van der Waals surface area contributed by atoms with Crippen molar-refractivity contribution in [2.45, 2.75) is 32.9 Å². The van der Waals surface area contributed by atoms with Gasteiger partial charge in [0.25, 0.3) is 0 Å². The number of rotatable bonds is 7. The Labute approximate surface area is 159 Å². The molecule has 1 saturated heterocycles. The molecule has 6 heteroatoms.